The molecule has 1 aliphatic heterocycles. The van der Waals surface area contributed by atoms with Gasteiger partial charge in [-0.1, -0.05) is 42.5 Å². The molecule has 2 aromatic rings. The molecule has 3 rings (SSSR count). The number of hydrogen-bond acceptors (Lipinski definition) is 3. The fourth-order valence-electron chi connectivity index (χ4n) is 2.58. The minimum Gasteiger partial charge on any atom is -0.294 e. The van der Waals surface area contributed by atoms with Crippen molar-refractivity contribution in [2.45, 2.75) is 19.3 Å². The van der Waals surface area contributed by atoms with Crippen molar-refractivity contribution in [3.8, 4) is 0 Å². The summed E-state index contributed by atoms with van der Waals surface area (Å²) in [6, 6.07) is 17.1. The van der Waals surface area contributed by atoms with E-state index in [9.17, 15) is 9.59 Å². The van der Waals surface area contributed by atoms with Crippen LogP contribution in [-0.2, 0) is 11.2 Å². The third kappa shape index (κ3) is 3.34. The fraction of sp³-hybridized carbons (Fsp3) is 0.222. The van der Waals surface area contributed by atoms with Crippen LogP contribution in [0.3, 0.4) is 0 Å². The number of carbonyl (C=O) groups is 2. The molecule has 1 N–H and O–H groups in total. The molecule has 4 nitrogen and oxygen atoms in total. The van der Waals surface area contributed by atoms with Gasteiger partial charge in [-0.25, -0.2) is 0 Å². The highest BCUT2D eigenvalue weighted by molar-refractivity contribution is 5.98. The van der Waals surface area contributed by atoms with Gasteiger partial charge in [0.25, 0.3) is 0 Å². The summed E-state index contributed by atoms with van der Waals surface area (Å²) in [4.78, 5) is 23.9. The second-order valence-corrected chi connectivity index (χ2v) is 5.43. The van der Waals surface area contributed by atoms with Gasteiger partial charge < -0.3 is 0 Å². The van der Waals surface area contributed by atoms with E-state index in [-0.39, 0.29) is 11.7 Å². The van der Waals surface area contributed by atoms with Crippen LogP contribution < -0.4 is 10.4 Å². The number of Topliss-reactive ketones (excluding diaryl/α,β-unsaturated/α-hetero) is 1. The van der Waals surface area contributed by atoms with E-state index in [0.29, 0.717) is 18.4 Å². The van der Waals surface area contributed by atoms with Crippen LogP contribution in [0.25, 0.3) is 0 Å². The van der Waals surface area contributed by atoms with Crippen molar-refractivity contribution in [3.05, 3.63) is 65.7 Å². The van der Waals surface area contributed by atoms with Crippen LogP contribution in [0.2, 0.25) is 0 Å². The zero-order valence-electron chi connectivity index (χ0n) is 12.3. The molecule has 0 atom stereocenters. The zero-order valence-corrected chi connectivity index (χ0v) is 12.3. The predicted octanol–water partition coefficient (Wildman–Crippen LogP) is 2.74. The Morgan fingerprint density at radius 3 is 2.68 bits per heavy atom. The predicted molar refractivity (Wildman–Crippen MR) is 85.6 cm³/mol. The number of nitrogens with zero attached hydrogens (tertiary/aromatic N) is 1. The maximum absolute atomic E-state index is 12.4. The summed E-state index contributed by atoms with van der Waals surface area (Å²) in [5.41, 5.74) is 5.36. The van der Waals surface area contributed by atoms with E-state index in [4.69, 9.17) is 0 Å². The van der Waals surface area contributed by atoms with Crippen molar-refractivity contribution in [3.63, 3.8) is 0 Å². The van der Waals surface area contributed by atoms with Crippen molar-refractivity contribution in [2.24, 2.45) is 0 Å². The number of ketones is 1. The van der Waals surface area contributed by atoms with Gasteiger partial charge in [-0.05, 0) is 24.1 Å². The minimum absolute atomic E-state index is 0.0206. The molecule has 0 radical (unpaired) electrons. The lowest BCUT2D eigenvalue weighted by molar-refractivity contribution is -0.122. The Bertz CT molecular complexity index is 682. The van der Waals surface area contributed by atoms with Gasteiger partial charge in [-0.3, -0.25) is 20.0 Å². The van der Waals surface area contributed by atoms with Gasteiger partial charge >= 0.3 is 0 Å². The van der Waals surface area contributed by atoms with Crippen LogP contribution in [0, 0.1) is 0 Å². The largest absolute Gasteiger partial charge is 0.294 e. The van der Waals surface area contributed by atoms with Crippen LogP contribution >= 0.6 is 0 Å². The summed E-state index contributed by atoms with van der Waals surface area (Å²) in [6.07, 6.45) is 1.77. The van der Waals surface area contributed by atoms with Gasteiger partial charge in [0.2, 0.25) is 5.91 Å². The lowest BCUT2D eigenvalue weighted by atomic mass is 10.0. The molecule has 0 saturated carbocycles. The quantitative estimate of drug-likeness (QED) is 0.882. The summed E-state index contributed by atoms with van der Waals surface area (Å²) in [7, 11) is 0. The molecule has 0 spiro atoms. The molecule has 0 aromatic heterocycles. The van der Waals surface area contributed by atoms with Gasteiger partial charge in [0.05, 0.1) is 5.69 Å². The summed E-state index contributed by atoms with van der Waals surface area (Å²) in [6.45, 7) is 0.766. The molecule has 112 valence electrons. The van der Waals surface area contributed by atoms with Crippen LogP contribution in [0.15, 0.2) is 54.6 Å². The number of anilines is 1. The molecule has 4 heteroatoms. The molecule has 0 unspecified atom stereocenters. The molecule has 1 saturated heterocycles. The summed E-state index contributed by atoms with van der Waals surface area (Å²) in [5.74, 6) is 0.101. The molecule has 0 bridgehead atoms. The smallest absolute Gasteiger partial charge is 0.238 e. The number of amides is 1. The average molecular weight is 294 g/mol. The molecule has 1 fully saturated rings. The van der Waals surface area contributed by atoms with Crippen LogP contribution in [0.1, 0.15) is 28.8 Å². The Hall–Kier alpha value is -2.62. The Kier molecular flexibility index (Phi) is 4.19. The number of benzene rings is 2. The van der Waals surface area contributed by atoms with Gasteiger partial charge in [0, 0.05) is 24.9 Å². The number of nitrogens with one attached hydrogen (secondary N) is 1. The Balaban J connectivity index is 1.76. The van der Waals surface area contributed by atoms with E-state index in [2.05, 4.69) is 5.43 Å². The summed E-state index contributed by atoms with van der Waals surface area (Å²) < 4.78 is 0. The summed E-state index contributed by atoms with van der Waals surface area (Å²) in [5, 5.41) is 1.81. The number of rotatable bonds is 4. The monoisotopic (exact) mass is 294 g/mol. The normalized spacial score (nSPS) is 14.5. The van der Waals surface area contributed by atoms with Crippen molar-refractivity contribution < 1.29 is 9.59 Å². The van der Waals surface area contributed by atoms with E-state index >= 15 is 0 Å². The van der Waals surface area contributed by atoms with Crippen molar-refractivity contribution >= 4 is 17.4 Å². The first-order valence-electron chi connectivity index (χ1n) is 7.46. The van der Waals surface area contributed by atoms with Crippen molar-refractivity contribution in [1.82, 2.24) is 5.43 Å². The second-order valence-electron chi connectivity index (χ2n) is 5.43. The molecule has 1 heterocycles. The molecular formula is C18H18N2O2. The van der Waals surface area contributed by atoms with Gasteiger partial charge in [0.1, 0.15) is 0 Å². The van der Waals surface area contributed by atoms with Crippen LogP contribution in [-0.4, -0.2) is 18.2 Å². The van der Waals surface area contributed by atoms with E-state index in [1.807, 2.05) is 59.6 Å². The van der Waals surface area contributed by atoms with E-state index < -0.39 is 0 Å². The highest BCUT2D eigenvalue weighted by Gasteiger charge is 2.17. The highest BCUT2D eigenvalue weighted by Crippen LogP contribution is 2.18. The van der Waals surface area contributed by atoms with Gasteiger partial charge in [-0.2, -0.15) is 0 Å². The lowest BCUT2D eigenvalue weighted by Gasteiger charge is -2.29. The molecule has 1 amide bonds. The maximum Gasteiger partial charge on any atom is 0.238 e. The number of hydrazine groups is 1. The lowest BCUT2D eigenvalue weighted by Crippen LogP contribution is -2.46. The first-order valence-corrected chi connectivity index (χ1v) is 7.46. The standard InChI is InChI=1S/C18H18N2O2/c21-17(12-14-6-2-1-3-7-14)15-8-4-9-16(13-15)20-11-5-10-18(22)19-20/h1-4,6-9,13H,5,10-12H2,(H,19,22). The third-order valence-electron chi connectivity index (χ3n) is 3.73. The second kappa shape index (κ2) is 6.43. The molecule has 1 aliphatic rings. The van der Waals surface area contributed by atoms with Crippen molar-refractivity contribution in [1.29, 1.82) is 0 Å². The molecule has 22 heavy (non-hydrogen) atoms. The average Bonchev–Trinajstić information content (AvgIpc) is 2.56. The Morgan fingerprint density at radius 1 is 1.09 bits per heavy atom. The fourth-order valence-corrected chi connectivity index (χ4v) is 2.58. The molecule has 2 aromatic carbocycles. The Labute approximate surface area is 129 Å². The first-order chi connectivity index (χ1) is 10.7. The number of carbonyl (C=O) groups excluding carboxylic acids is 2. The van der Waals surface area contributed by atoms with Crippen LogP contribution in [0.5, 0.6) is 0 Å². The molecule has 0 aliphatic carbocycles. The SMILES string of the molecule is O=C1CCCN(c2cccc(C(=O)Cc3ccccc3)c2)N1. The van der Waals surface area contributed by atoms with Gasteiger partial charge in [0.15, 0.2) is 5.78 Å². The maximum atomic E-state index is 12.4. The summed E-state index contributed by atoms with van der Waals surface area (Å²) >= 11 is 0. The van der Waals surface area contributed by atoms with Crippen LogP contribution in [0.4, 0.5) is 5.69 Å². The van der Waals surface area contributed by atoms with Gasteiger partial charge in [-0.15, -0.1) is 0 Å². The third-order valence-corrected chi connectivity index (χ3v) is 3.73. The zero-order chi connectivity index (χ0) is 15.4. The topological polar surface area (TPSA) is 49.4 Å². The number of hydrogen-bond donors (Lipinski definition) is 1. The van der Waals surface area contributed by atoms with E-state index in [1.165, 1.54) is 0 Å². The first kappa shape index (κ1) is 14.3. The minimum atomic E-state index is 0.0206. The molecular weight excluding hydrogens is 276 g/mol. The van der Waals surface area contributed by atoms with E-state index in [0.717, 1.165) is 24.2 Å². The Morgan fingerprint density at radius 2 is 1.91 bits per heavy atom. The van der Waals surface area contributed by atoms with Crippen molar-refractivity contribution in [2.75, 3.05) is 11.6 Å². The van der Waals surface area contributed by atoms with E-state index in [1.54, 1.807) is 0 Å². The highest BCUT2D eigenvalue weighted by atomic mass is 16.2.